The minimum absolute atomic E-state index is 0.0920. The lowest BCUT2D eigenvalue weighted by Gasteiger charge is -2.28. The molecule has 1 N–H and O–H groups in total. The molecule has 6 nitrogen and oxygen atoms in total. The first-order chi connectivity index (χ1) is 15.1. The quantitative estimate of drug-likeness (QED) is 0.584. The topological polar surface area (TPSA) is 60.0 Å². The molecule has 2 aromatic carbocycles. The minimum atomic E-state index is -0.140. The van der Waals surface area contributed by atoms with Crippen LogP contribution in [-0.2, 0) is 6.42 Å². The Morgan fingerprint density at radius 2 is 1.90 bits per heavy atom. The third-order valence-corrected chi connectivity index (χ3v) is 5.70. The number of methoxy groups -OCH3 is 3. The number of nitrogens with zero attached hydrogens (tertiary/aromatic N) is 1. The molecule has 0 aliphatic carbocycles. The normalized spacial score (nSPS) is 14.7. The molecule has 1 aliphatic rings. The van der Waals surface area contributed by atoms with Gasteiger partial charge in [0.2, 0.25) is 0 Å². The van der Waals surface area contributed by atoms with E-state index in [0.29, 0.717) is 30.0 Å². The van der Waals surface area contributed by atoms with Crippen LogP contribution in [0.2, 0.25) is 0 Å². The molecule has 1 heterocycles. The molecule has 0 saturated carbocycles. The van der Waals surface area contributed by atoms with Crippen molar-refractivity contribution in [3.8, 4) is 17.2 Å². The fraction of sp³-hybridized carbons (Fsp3) is 0.400. The molecule has 0 aromatic heterocycles. The standard InChI is InChI=1S/C25H32N2O4/c1-5-9-19-14-20(16-23(30-3)24(19)31-4)25(28)26-17-22(27-12-6-7-13-27)18-10-8-11-21(15-18)29-2/h5,8,10-11,14-16,22H,1,6-7,9,12-13,17H2,2-4H3,(H,26,28). The van der Waals surface area contributed by atoms with Crippen LogP contribution in [-0.4, -0.2) is 51.8 Å². The number of likely N-dealkylation sites (tertiary alicyclic amines) is 1. The summed E-state index contributed by atoms with van der Waals surface area (Å²) in [5.74, 6) is 1.85. The van der Waals surface area contributed by atoms with E-state index in [2.05, 4.69) is 22.9 Å². The predicted octanol–water partition coefficient (Wildman–Crippen LogP) is 4.01. The zero-order chi connectivity index (χ0) is 22.2. The van der Waals surface area contributed by atoms with Crippen LogP contribution in [0.1, 0.15) is 40.4 Å². The van der Waals surface area contributed by atoms with E-state index in [1.165, 1.54) is 12.8 Å². The van der Waals surface area contributed by atoms with Crippen molar-refractivity contribution in [2.24, 2.45) is 0 Å². The Balaban J connectivity index is 1.82. The number of ether oxygens (including phenoxy) is 3. The van der Waals surface area contributed by atoms with E-state index in [1.807, 2.05) is 24.3 Å². The second-order valence-corrected chi connectivity index (χ2v) is 7.61. The van der Waals surface area contributed by atoms with Crippen LogP contribution in [0, 0.1) is 0 Å². The molecule has 1 saturated heterocycles. The van der Waals surface area contributed by atoms with Crippen molar-refractivity contribution in [2.45, 2.75) is 25.3 Å². The lowest BCUT2D eigenvalue weighted by molar-refractivity contribution is 0.0937. The first-order valence-electron chi connectivity index (χ1n) is 10.6. The van der Waals surface area contributed by atoms with Gasteiger partial charge in [-0.2, -0.15) is 0 Å². The summed E-state index contributed by atoms with van der Waals surface area (Å²) in [5, 5.41) is 3.13. The Morgan fingerprint density at radius 1 is 1.13 bits per heavy atom. The van der Waals surface area contributed by atoms with Gasteiger partial charge in [0.1, 0.15) is 5.75 Å². The molecular formula is C25H32N2O4. The van der Waals surface area contributed by atoms with E-state index in [4.69, 9.17) is 14.2 Å². The van der Waals surface area contributed by atoms with Gasteiger partial charge in [0.15, 0.2) is 11.5 Å². The Labute approximate surface area is 184 Å². The molecule has 0 spiro atoms. The summed E-state index contributed by atoms with van der Waals surface area (Å²) < 4.78 is 16.3. The Kier molecular flexibility index (Phi) is 7.95. The maximum absolute atomic E-state index is 13.1. The number of benzene rings is 2. The van der Waals surface area contributed by atoms with Gasteiger partial charge in [-0.15, -0.1) is 6.58 Å². The molecule has 1 atom stereocenters. The summed E-state index contributed by atoms with van der Waals surface area (Å²) in [6.45, 7) is 6.36. The maximum atomic E-state index is 13.1. The minimum Gasteiger partial charge on any atom is -0.497 e. The van der Waals surface area contributed by atoms with Crippen molar-refractivity contribution in [2.75, 3.05) is 41.0 Å². The molecule has 166 valence electrons. The highest BCUT2D eigenvalue weighted by Crippen LogP contribution is 2.33. The van der Waals surface area contributed by atoms with E-state index in [9.17, 15) is 4.79 Å². The van der Waals surface area contributed by atoms with Gasteiger partial charge < -0.3 is 19.5 Å². The number of hydrogen-bond acceptors (Lipinski definition) is 5. The van der Waals surface area contributed by atoms with Crippen LogP contribution in [0.3, 0.4) is 0 Å². The van der Waals surface area contributed by atoms with E-state index in [1.54, 1.807) is 33.5 Å². The SMILES string of the molecule is C=CCc1cc(C(=O)NCC(c2cccc(OC)c2)N2CCCC2)cc(OC)c1OC. The van der Waals surface area contributed by atoms with Gasteiger partial charge in [-0.25, -0.2) is 0 Å². The molecule has 0 radical (unpaired) electrons. The first-order valence-corrected chi connectivity index (χ1v) is 10.6. The van der Waals surface area contributed by atoms with Gasteiger partial charge in [-0.1, -0.05) is 18.2 Å². The van der Waals surface area contributed by atoms with Gasteiger partial charge in [-0.3, -0.25) is 9.69 Å². The maximum Gasteiger partial charge on any atom is 0.251 e. The van der Waals surface area contributed by atoms with Crippen molar-refractivity contribution in [1.29, 1.82) is 0 Å². The largest absolute Gasteiger partial charge is 0.497 e. The zero-order valence-electron chi connectivity index (χ0n) is 18.6. The third kappa shape index (κ3) is 5.39. The average Bonchev–Trinajstić information content (AvgIpc) is 3.33. The number of amides is 1. The molecule has 6 heteroatoms. The molecule has 31 heavy (non-hydrogen) atoms. The van der Waals surface area contributed by atoms with Crippen LogP contribution in [0.15, 0.2) is 49.1 Å². The van der Waals surface area contributed by atoms with Crippen LogP contribution >= 0.6 is 0 Å². The summed E-state index contributed by atoms with van der Waals surface area (Å²) in [4.78, 5) is 15.5. The lowest BCUT2D eigenvalue weighted by Crippen LogP contribution is -2.36. The Bertz CT molecular complexity index is 906. The van der Waals surface area contributed by atoms with E-state index >= 15 is 0 Å². The molecule has 2 aromatic rings. The molecule has 1 fully saturated rings. The smallest absolute Gasteiger partial charge is 0.251 e. The average molecular weight is 425 g/mol. The van der Waals surface area contributed by atoms with Crippen molar-refractivity contribution in [3.63, 3.8) is 0 Å². The lowest BCUT2D eigenvalue weighted by atomic mass is 10.0. The fourth-order valence-corrected chi connectivity index (χ4v) is 4.13. The van der Waals surface area contributed by atoms with Crippen LogP contribution in [0.5, 0.6) is 17.2 Å². The first kappa shape index (κ1) is 22.7. The van der Waals surface area contributed by atoms with Gasteiger partial charge >= 0.3 is 0 Å². The molecule has 1 amide bonds. The van der Waals surface area contributed by atoms with Crippen LogP contribution < -0.4 is 19.5 Å². The predicted molar refractivity (Wildman–Crippen MR) is 122 cm³/mol. The van der Waals surface area contributed by atoms with Crippen molar-refractivity contribution >= 4 is 5.91 Å². The van der Waals surface area contributed by atoms with Crippen molar-refractivity contribution in [3.05, 3.63) is 65.7 Å². The number of hydrogen-bond donors (Lipinski definition) is 1. The zero-order valence-corrected chi connectivity index (χ0v) is 18.6. The summed E-state index contributed by atoms with van der Waals surface area (Å²) >= 11 is 0. The molecule has 1 unspecified atom stereocenters. The van der Waals surface area contributed by atoms with Gasteiger partial charge in [0.25, 0.3) is 5.91 Å². The summed E-state index contributed by atoms with van der Waals surface area (Å²) in [5.41, 5.74) is 2.55. The molecule has 0 bridgehead atoms. The summed E-state index contributed by atoms with van der Waals surface area (Å²) in [6.07, 6.45) is 4.72. The fourth-order valence-electron chi connectivity index (χ4n) is 4.13. The molecular weight excluding hydrogens is 392 g/mol. The highest BCUT2D eigenvalue weighted by Gasteiger charge is 2.25. The second-order valence-electron chi connectivity index (χ2n) is 7.61. The molecule has 1 aliphatic heterocycles. The van der Waals surface area contributed by atoms with E-state index in [0.717, 1.165) is 30.0 Å². The highest BCUT2D eigenvalue weighted by molar-refractivity contribution is 5.95. The monoisotopic (exact) mass is 424 g/mol. The van der Waals surface area contributed by atoms with E-state index in [-0.39, 0.29) is 11.9 Å². The Morgan fingerprint density at radius 3 is 2.55 bits per heavy atom. The number of carbonyl (C=O) groups is 1. The second kappa shape index (κ2) is 10.9. The third-order valence-electron chi connectivity index (χ3n) is 5.70. The summed E-state index contributed by atoms with van der Waals surface area (Å²) in [7, 11) is 4.84. The number of allylic oxidation sites excluding steroid dienone is 1. The van der Waals surface area contributed by atoms with Gasteiger partial charge in [0.05, 0.1) is 27.4 Å². The van der Waals surface area contributed by atoms with Crippen molar-refractivity contribution in [1.82, 2.24) is 10.2 Å². The van der Waals surface area contributed by atoms with Gasteiger partial charge in [0, 0.05) is 17.7 Å². The number of carbonyl (C=O) groups excluding carboxylic acids is 1. The van der Waals surface area contributed by atoms with Crippen LogP contribution in [0.4, 0.5) is 0 Å². The summed E-state index contributed by atoms with van der Waals surface area (Å²) in [6, 6.07) is 11.7. The highest BCUT2D eigenvalue weighted by atomic mass is 16.5. The Hall–Kier alpha value is -2.99. The molecule has 3 rings (SSSR count). The number of nitrogens with one attached hydrogen (secondary N) is 1. The van der Waals surface area contributed by atoms with Crippen LogP contribution in [0.25, 0.3) is 0 Å². The van der Waals surface area contributed by atoms with E-state index < -0.39 is 0 Å². The number of rotatable bonds is 10. The van der Waals surface area contributed by atoms with Crippen molar-refractivity contribution < 1.29 is 19.0 Å². The van der Waals surface area contributed by atoms with Gasteiger partial charge in [-0.05, 0) is 62.2 Å².